The summed E-state index contributed by atoms with van der Waals surface area (Å²) in [6.07, 6.45) is 0.126. The Labute approximate surface area is 130 Å². The summed E-state index contributed by atoms with van der Waals surface area (Å²) in [4.78, 5) is 19.8. The Morgan fingerprint density at radius 3 is 2.80 bits per heavy atom. The number of thioether (sulfide) groups is 1. The zero-order valence-electron chi connectivity index (χ0n) is 11.3. The minimum Gasteiger partial charge on any atom is -0.481 e. The van der Waals surface area contributed by atoms with Gasteiger partial charge in [0.1, 0.15) is 10.9 Å². The number of benzene rings is 1. The molecule has 0 unspecified atom stereocenters. The number of carbonyl (C=O) groups is 1. The number of rotatable bonds is 5. The Balaban J connectivity index is 2.42. The Kier molecular flexibility index (Phi) is 4.99. The summed E-state index contributed by atoms with van der Waals surface area (Å²) in [6, 6.07) is 5.88. The maximum absolute atomic E-state index is 10.6. The first kappa shape index (κ1) is 15.3. The van der Waals surface area contributed by atoms with Gasteiger partial charge in [0, 0.05) is 21.5 Å². The van der Waals surface area contributed by atoms with Crippen LogP contribution in [0.2, 0.25) is 0 Å². The Morgan fingerprint density at radius 2 is 2.15 bits per heavy atom. The van der Waals surface area contributed by atoms with Gasteiger partial charge in [-0.2, -0.15) is 0 Å². The van der Waals surface area contributed by atoms with Crippen molar-refractivity contribution in [3.05, 3.63) is 28.5 Å². The number of fused-ring (bicyclic) bond motifs is 1. The number of hydrogen-bond donors (Lipinski definition) is 1. The standard InChI is InChI=1S/C14H15BrN2O2S/c1-8(2)13-16-11-4-3-9(15)7-10(11)14(17-13)20-6-5-12(18)19/h3-4,7-8H,5-6H2,1-2H3,(H,18,19). The number of aliphatic carboxylic acids is 1. The average Bonchev–Trinajstić information content (AvgIpc) is 2.38. The van der Waals surface area contributed by atoms with E-state index in [-0.39, 0.29) is 12.3 Å². The molecule has 0 spiro atoms. The van der Waals surface area contributed by atoms with Crippen LogP contribution in [0, 0.1) is 0 Å². The average molecular weight is 355 g/mol. The Morgan fingerprint density at radius 1 is 1.40 bits per heavy atom. The van der Waals surface area contributed by atoms with Crippen LogP contribution in [0.25, 0.3) is 10.9 Å². The van der Waals surface area contributed by atoms with Crippen molar-refractivity contribution in [2.75, 3.05) is 5.75 Å². The molecule has 2 rings (SSSR count). The first-order chi connectivity index (χ1) is 9.47. The molecule has 0 saturated carbocycles. The molecule has 0 fully saturated rings. The van der Waals surface area contributed by atoms with Gasteiger partial charge in [0.25, 0.3) is 0 Å². The topological polar surface area (TPSA) is 63.1 Å². The van der Waals surface area contributed by atoms with Crippen molar-refractivity contribution < 1.29 is 9.90 Å². The van der Waals surface area contributed by atoms with Crippen molar-refractivity contribution in [1.29, 1.82) is 0 Å². The lowest BCUT2D eigenvalue weighted by atomic mass is 10.2. The smallest absolute Gasteiger partial charge is 0.304 e. The van der Waals surface area contributed by atoms with Crippen LogP contribution in [0.4, 0.5) is 0 Å². The fourth-order valence-corrected chi connectivity index (χ4v) is 3.00. The van der Waals surface area contributed by atoms with Crippen LogP contribution in [0.1, 0.15) is 32.0 Å². The molecule has 0 bridgehead atoms. The third-order valence-corrected chi connectivity index (χ3v) is 4.20. The van der Waals surface area contributed by atoms with Gasteiger partial charge in [-0.25, -0.2) is 9.97 Å². The van der Waals surface area contributed by atoms with Gasteiger partial charge in [0.05, 0.1) is 11.9 Å². The molecule has 0 aliphatic heterocycles. The van der Waals surface area contributed by atoms with E-state index in [9.17, 15) is 4.79 Å². The molecule has 1 aromatic heterocycles. The van der Waals surface area contributed by atoms with E-state index in [1.165, 1.54) is 11.8 Å². The second-order valence-corrected chi connectivity index (χ2v) is 6.69. The zero-order chi connectivity index (χ0) is 14.7. The molecule has 0 saturated heterocycles. The summed E-state index contributed by atoms with van der Waals surface area (Å²) in [7, 11) is 0. The second-order valence-electron chi connectivity index (χ2n) is 4.70. The van der Waals surface area contributed by atoms with Crippen LogP contribution < -0.4 is 0 Å². The molecule has 0 aliphatic carbocycles. The van der Waals surface area contributed by atoms with Gasteiger partial charge in [-0.15, -0.1) is 11.8 Å². The highest BCUT2D eigenvalue weighted by Crippen LogP contribution is 2.29. The summed E-state index contributed by atoms with van der Waals surface area (Å²) in [6.45, 7) is 4.09. The molecule has 20 heavy (non-hydrogen) atoms. The van der Waals surface area contributed by atoms with Crippen LogP contribution in [-0.4, -0.2) is 26.8 Å². The molecule has 106 valence electrons. The highest BCUT2D eigenvalue weighted by molar-refractivity contribution is 9.10. The summed E-state index contributed by atoms with van der Waals surface area (Å²) in [5.74, 6) is 0.742. The van der Waals surface area contributed by atoms with Crippen molar-refractivity contribution in [2.24, 2.45) is 0 Å². The van der Waals surface area contributed by atoms with E-state index in [1.54, 1.807) is 0 Å². The number of carboxylic acid groups (broad SMARTS) is 1. The maximum atomic E-state index is 10.6. The van der Waals surface area contributed by atoms with E-state index in [4.69, 9.17) is 5.11 Å². The number of carboxylic acids is 1. The quantitative estimate of drug-likeness (QED) is 0.647. The van der Waals surface area contributed by atoms with Gasteiger partial charge in [0.2, 0.25) is 0 Å². The van der Waals surface area contributed by atoms with E-state index in [2.05, 4.69) is 25.9 Å². The van der Waals surface area contributed by atoms with Gasteiger partial charge >= 0.3 is 5.97 Å². The highest BCUT2D eigenvalue weighted by Gasteiger charge is 2.11. The van der Waals surface area contributed by atoms with E-state index in [0.29, 0.717) is 5.75 Å². The van der Waals surface area contributed by atoms with Crippen LogP contribution >= 0.6 is 27.7 Å². The van der Waals surface area contributed by atoms with Crippen molar-refractivity contribution in [1.82, 2.24) is 9.97 Å². The molecule has 0 aliphatic rings. The summed E-state index contributed by atoms with van der Waals surface area (Å²) in [5, 5.41) is 10.5. The van der Waals surface area contributed by atoms with Gasteiger partial charge < -0.3 is 5.11 Å². The third-order valence-electron chi connectivity index (χ3n) is 2.71. The number of halogens is 1. The Hall–Kier alpha value is -1.14. The number of aromatic nitrogens is 2. The SMILES string of the molecule is CC(C)c1nc(SCCC(=O)O)c2cc(Br)ccc2n1. The molecular formula is C14H15BrN2O2S. The van der Waals surface area contributed by atoms with Gasteiger partial charge in [-0.05, 0) is 18.2 Å². The minimum atomic E-state index is -0.791. The van der Waals surface area contributed by atoms with Crippen LogP contribution in [0.15, 0.2) is 27.7 Å². The molecule has 1 aromatic carbocycles. The molecule has 1 N–H and O–H groups in total. The first-order valence-corrected chi connectivity index (χ1v) is 8.07. The molecule has 0 radical (unpaired) electrons. The summed E-state index contributed by atoms with van der Waals surface area (Å²) < 4.78 is 0.964. The maximum Gasteiger partial charge on any atom is 0.304 e. The number of hydrogen-bond acceptors (Lipinski definition) is 4. The fourth-order valence-electron chi connectivity index (χ4n) is 1.69. The molecule has 0 atom stereocenters. The monoisotopic (exact) mass is 354 g/mol. The minimum absolute atomic E-state index is 0.126. The predicted molar refractivity (Wildman–Crippen MR) is 84.3 cm³/mol. The predicted octanol–water partition coefficient (Wildman–Crippen LogP) is 4.08. The molecule has 0 amide bonds. The third kappa shape index (κ3) is 3.70. The van der Waals surface area contributed by atoms with Gasteiger partial charge in [-0.1, -0.05) is 29.8 Å². The van der Waals surface area contributed by atoms with E-state index >= 15 is 0 Å². The lowest BCUT2D eigenvalue weighted by Crippen LogP contribution is -2.01. The lowest BCUT2D eigenvalue weighted by Gasteiger charge is -2.10. The summed E-state index contributed by atoms with van der Waals surface area (Å²) >= 11 is 4.91. The molecule has 4 nitrogen and oxygen atoms in total. The summed E-state index contributed by atoms with van der Waals surface area (Å²) in [5.41, 5.74) is 0.893. The van der Waals surface area contributed by atoms with Crippen LogP contribution in [0.5, 0.6) is 0 Å². The van der Waals surface area contributed by atoms with E-state index < -0.39 is 5.97 Å². The van der Waals surface area contributed by atoms with Crippen LogP contribution in [0.3, 0.4) is 0 Å². The second kappa shape index (κ2) is 6.54. The zero-order valence-corrected chi connectivity index (χ0v) is 13.7. The van der Waals surface area contributed by atoms with Gasteiger partial charge in [-0.3, -0.25) is 4.79 Å². The van der Waals surface area contributed by atoms with E-state index in [1.807, 2.05) is 32.0 Å². The number of nitrogens with zero attached hydrogens (tertiary/aromatic N) is 2. The van der Waals surface area contributed by atoms with E-state index in [0.717, 1.165) is 26.2 Å². The fraction of sp³-hybridized carbons (Fsp3) is 0.357. The normalized spacial score (nSPS) is 11.2. The Bertz CT molecular complexity index is 646. The highest BCUT2D eigenvalue weighted by atomic mass is 79.9. The largest absolute Gasteiger partial charge is 0.481 e. The molecule has 6 heteroatoms. The van der Waals surface area contributed by atoms with Crippen molar-refractivity contribution in [3.63, 3.8) is 0 Å². The van der Waals surface area contributed by atoms with Crippen molar-refractivity contribution in [3.8, 4) is 0 Å². The molecular weight excluding hydrogens is 340 g/mol. The lowest BCUT2D eigenvalue weighted by molar-refractivity contribution is -0.136. The van der Waals surface area contributed by atoms with Crippen molar-refractivity contribution >= 4 is 44.6 Å². The molecule has 1 heterocycles. The van der Waals surface area contributed by atoms with Crippen molar-refractivity contribution in [2.45, 2.75) is 31.2 Å². The van der Waals surface area contributed by atoms with Crippen LogP contribution in [-0.2, 0) is 4.79 Å². The molecule has 2 aromatic rings. The van der Waals surface area contributed by atoms with Gasteiger partial charge in [0.15, 0.2) is 0 Å². The first-order valence-electron chi connectivity index (χ1n) is 6.29.